The van der Waals surface area contributed by atoms with Crippen molar-refractivity contribution >= 4 is 10.8 Å². The van der Waals surface area contributed by atoms with E-state index < -0.39 is 23.3 Å². The molecule has 0 saturated heterocycles. The van der Waals surface area contributed by atoms with E-state index in [1.807, 2.05) is 0 Å². The molecule has 0 radical (unpaired) electrons. The highest BCUT2D eigenvalue weighted by Crippen LogP contribution is 2.34. The maximum absolute atomic E-state index is 14.6. The predicted octanol–water partition coefficient (Wildman–Crippen LogP) is 6.94. The molecule has 0 amide bonds. The zero-order valence-corrected chi connectivity index (χ0v) is 14.6. The molecule has 0 aromatic heterocycles. The van der Waals surface area contributed by atoms with Crippen molar-refractivity contribution in [2.45, 2.75) is 58.3 Å². The van der Waals surface area contributed by atoms with Gasteiger partial charge in [-0.2, -0.15) is 0 Å². The zero-order valence-electron chi connectivity index (χ0n) is 14.6. The number of hydrogen-bond acceptors (Lipinski definition) is 0. The molecule has 25 heavy (non-hydrogen) atoms. The van der Waals surface area contributed by atoms with Gasteiger partial charge < -0.3 is 0 Å². The Kier molecular flexibility index (Phi) is 5.65. The van der Waals surface area contributed by atoms with Gasteiger partial charge in [-0.05, 0) is 36.3 Å². The molecule has 2 aromatic carbocycles. The van der Waals surface area contributed by atoms with E-state index in [0.717, 1.165) is 18.4 Å². The molecule has 4 heteroatoms. The number of halogens is 4. The quantitative estimate of drug-likeness (QED) is 0.404. The van der Waals surface area contributed by atoms with Gasteiger partial charge in [-0.15, -0.1) is 0 Å². The van der Waals surface area contributed by atoms with Gasteiger partial charge in [0.25, 0.3) is 0 Å². The van der Waals surface area contributed by atoms with Gasteiger partial charge in [0, 0.05) is 10.8 Å². The van der Waals surface area contributed by atoms with Gasteiger partial charge in [0.1, 0.15) is 5.82 Å². The molecule has 136 valence electrons. The maximum Gasteiger partial charge on any atom is 0.195 e. The predicted molar refractivity (Wildman–Crippen MR) is 92.5 cm³/mol. The summed E-state index contributed by atoms with van der Waals surface area (Å²) in [6.07, 6.45) is 8.79. The molecule has 0 nitrogen and oxygen atoms in total. The minimum absolute atomic E-state index is 0.180. The van der Waals surface area contributed by atoms with Crippen LogP contribution < -0.4 is 0 Å². The van der Waals surface area contributed by atoms with Crippen LogP contribution in [-0.4, -0.2) is 0 Å². The summed E-state index contributed by atoms with van der Waals surface area (Å²) in [6, 6.07) is 3.60. The van der Waals surface area contributed by atoms with Crippen LogP contribution in [0.15, 0.2) is 18.2 Å². The second kappa shape index (κ2) is 7.76. The van der Waals surface area contributed by atoms with Crippen molar-refractivity contribution < 1.29 is 17.6 Å². The van der Waals surface area contributed by atoms with Gasteiger partial charge in [-0.1, -0.05) is 57.6 Å². The van der Waals surface area contributed by atoms with Crippen molar-refractivity contribution in [1.29, 1.82) is 0 Å². The van der Waals surface area contributed by atoms with Crippen LogP contribution in [0.4, 0.5) is 17.6 Å². The molecular weight excluding hydrogens is 328 g/mol. The number of hydrogen-bond donors (Lipinski definition) is 0. The number of fused-ring (bicyclic) bond motifs is 1. The largest absolute Gasteiger partial charge is 0.206 e. The highest BCUT2D eigenvalue weighted by Gasteiger charge is 2.22. The van der Waals surface area contributed by atoms with Gasteiger partial charge in [0.15, 0.2) is 17.5 Å². The molecule has 3 rings (SSSR count). The fourth-order valence-electron chi connectivity index (χ4n) is 4.15. The molecule has 1 aliphatic rings. The van der Waals surface area contributed by atoms with Crippen molar-refractivity contribution in [2.75, 3.05) is 0 Å². The van der Waals surface area contributed by atoms with Crippen LogP contribution in [0, 0.1) is 35.1 Å². The lowest BCUT2D eigenvalue weighted by Crippen LogP contribution is -2.15. The standard InChI is InChI=1S/C21H24F4/c1-2-3-13-4-6-14(7-5-13)8-9-15-10-11-16-17(19(15)23)12-18(22)21(25)20(16)24/h10-14H,2-9H2,1H3. The van der Waals surface area contributed by atoms with Crippen LogP contribution in [0.25, 0.3) is 10.8 Å². The molecular formula is C21H24F4. The van der Waals surface area contributed by atoms with Crippen molar-refractivity contribution in [3.05, 3.63) is 47.0 Å². The lowest BCUT2D eigenvalue weighted by molar-refractivity contribution is 0.252. The van der Waals surface area contributed by atoms with Crippen molar-refractivity contribution in [2.24, 2.45) is 11.8 Å². The van der Waals surface area contributed by atoms with Gasteiger partial charge in [-0.3, -0.25) is 0 Å². The minimum Gasteiger partial charge on any atom is -0.206 e. The third-order valence-corrected chi connectivity index (χ3v) is 5.65. The summed E-state index contributed by atoms with van der Waals surface area (Å²) in [4.78, 5) is 0. The van der Waals surface area contributed by atoms with Crippen LogP contribution in [0.2, 0.25) is 0 Å². The Morgan fingerprint density at radius 3 is 2.08 bits per heavy atom. The summed E-state index contributed by atoms with van der Waals surface area (Å²) in [5, 5.41) is -0.388. The second-order valence-electron chi connectivity index (χ2n) is 7.33. The molecule has 0 heterocycles. The average molecular weight is 352 g/mol. The first-order chi connectivity index (χ1) is 12.0. The Balaban J connectivity index is 1.70. The molecule has 1 saturated carbocycles. The molecule has 0 atom stereocenters. The molecule has 1 aliphatic carbocycles. The highest BCUT2D eigenvalue weighted by atomic mass is 19.2. The molecule has 2 aromatic rings. The fraction of sp³-hybridized carbons (Fsp3) is 0.524. The van der Waals surface area contributed by atoms with Crippen LogP contribution in [0.3, 0.4) is 0 Å². The molecule has 0 unspecified atom stereocenters. The first kappa shape index (κ1) is 18.2. The smallest absolute Gasteiger partial charge is 0.195 e. The van der Waals surface area contributed by atoms with E-state index in [1.165, 1.54) is 50.7 Å². The summed E-state index contributed by atoms with van der Waals surface area (Å²) in [7, 11) is 0. The lowest BCUT2D eigenvalue weighted by atomic mass is 9.78. The Morgan fingerprint density at radius 1 is 0.800 bits per heavy atom. The summed E-state index contributed by atoms with van der Waals surface area (Å²) >= 11 is 0. The average Bonchev–Trinajstić information content (AvgIpc) is 2.61. The van der Waals surface area contributed by atoms with Gasteiger partial charge in [-0.25, -0.2) is 17.6 Å². The first-order valence-electron chi connectivity index (χ1n) is 9.25. The molecule has 1 fully saturated rings. The van der Waals surface area contributed by atoms with Crippen LogP contribution in [0.1, 0.15) is 57.4 Å². The summed E-state index contributed by atoms with van der Waals surface area (Å²) in [5.74, 6) is -3.44. The molecule has 0 aliphatic heterocycles. The first-order valence-corrected chi connectivity index (χ1v) is 9.25. The number of rotatable bonds is 5. The maximum atomic E-state index is 14.6. The topological polar surface area (TPSA) is 0 Å². The third-order valence-electron chi connectivity index (χ3n) is 5.65. The highest BCUT2D eigenvalue weighted by molar-refractivity contribution is 5.84. The molecule has 0 spiro atoms. The minimum atomic E-state index is -1.55. The van der Waals surface area contributed by atoms with E-state index in [4.69, 9.17) is 0 Å². The Morgan fingerprint density at radius 2 is 1.44 bits per heavy atom. The van der Waals surface area contributed by atoms with Crippen molar-refractivity contribution in [3.63, 3.8) is 0 Å². The van der Waals surface area contributed by atoms with Crippen LogP contribution in [-0.2, 0) is 6.42 Å². The summed E-state index contributed by atoms with van der Waals surface area (Å²) in [5.41, 5.74) is 0.452. The van der Waals surface area contributed by atoms with Crippen molar-refractivity contribution in [3.8, 4) is 0 Å². The number of benzene rings is 2. The monoisotopic (exact) mass is 352 g/mol. The van der Waals surface area contributed by atoms with Crippen molar-refractivity contribution in [1.82, 2.24) is 0 Å². The summed E-state index contributed by atoms with van der Waals surface area (Å²) < 4.78 is 55.1. The van der Waals surface area contributed by atoms with E-state index in [2.05, 4.69) is 6.92 Å². The second-order valence-corrected chi connectivity index (χ2v) is 7.33. The Bertz CT molecular complexity index is 745. The zero-order chi connectivity index (χ0) is 18.0. The number of aryl methyl sites for hydroxylation is 1. The Labute approximate surface area is 146 Å². The fourth-order valence-corrected chi connectivity index (χ4v) is 4.15. The van der Waals surface area contributed by atoms with Crippen LogP contribution in [0.5, 0.6) is 0 Å². The van der Waals surface area contributed by atoms with Gasteiger partial charge in [0.05, 0.1) is 0 Å². The summed E-state index contributed by atoms with van der Waals surface area (Å²) in [6.45, 7) is 2.21. The normalized spacial score (nSPS) is 21.0. The molecule has 0 bridgehead atoms. The van der Waals surface area contributed by atoms with E-state index in [0.29, 0.717) is 17.9 Å². The Hall–Kier alpha value is -1.58. The van der Waals surface area contributed by atoms with E-state index in [9.17, 15) is 17.6 Å². The lowest BCUT2D eigenvalue weighted by Gasteiger charge is -2.28. The van der Waals surface area contributed by atoms with Gasteiger partial charge >= 0.3 is 0 Å². The SMILES string of the molecule is CCCC1CCC(CCc2ccc3c(F)c(F)c(F)cc3c2F)CC1. The van der Waals surface area contributed by atoms with E-state index in [1.54, 1.807) is 0 Å². The van der Waals surface area contributed by atoms with Crippen LogP contribution >= 0.6 is 0 Å². The van der Waals surface area contributed by atoms with Gasteiger partial charge in [0.2, 0.25) is 0 Å². The third kappa shape index (κ3) is 3.83. The van der Waals surface area contributed by atoms with E-state index >= 15 is 0 Å². The molecule has 0 N–H and O–H groups in total. The van der Waals surface area contributed by atoms with E-state index in [-0.39, 0.29) is 10.8 Å².